The summed E-state index contributed by atoms with van der Waals surface area (Å²) >= 11 is 6.05. The second-order valence-corrected chi connectivity index (χ2v) is 7.50. The van der Waals surface area contributed by atoms with Crippen LogP contribution in [0.5, 0.6) is 5.75 Å². The molecule has 2 N–H and O–H groups in total. The van der Waals surface area contributed by atoms with Crippen molar-refractivity contribution in [3.8, 4) is 5.75 Å². The Morgan fingerprint density at radius 2 is 1.70 bits per heavy atom. The van der Waals surface area contributed by atoms with Crippen LogP contribution in [0.4, 0.5) is 5.69 Å². The summed E-state index contributed by atoms with van der Waals surface area (Å²) in [6, 6.07) is 19.0. The van der Waals surface area contributed by atoms with Gasteiger partial charge >= 0.3 is 0 Å². The van der Waals surface area contributed by atoms with Crippen LogP contribution < -0.4 is 4.90 Å². The number of ketones is 1. The summed E-state index contributed by atoms with van der Waals surface area (Å²) in [6.07, 6.45) is 0. The van der Waals surface area contributed by atoms with E-state index in [1.165, 1.54) is 23.1 Å². The summed E-state index contributed by atoms with van der Waals surface area (Å²) in [5.41, 5.74) is 2.12. The minimum atomic E-state index is -0.905. The fourth-order valence-corrected chi connectivity index (χ4v) is 3.91. The van der Waals surface area contributed by atoms with Crippen molar-refractivity contribution in [1.29, 1.82) is 0 Å². The molecule has 150 valence electrons. The molecular formula is C24H18ClNO4. The normalized spacial score (nSPS) is 18.1. The van der Waals surface area contributed by atoms with Gasteiger partial charge in [0, 0.05) is 16.3 Å². The zero-order chi connectivity index (χ0) is 21.4. The van der Waals surface area contributed by atoms with E-state index in [4.69, 9.17) is 11.6 Å². The van der Waals surface area contributed by atoms with E-state index in [0.29, 0.717) is 21.8 Å². The van der Waals surface area contributed by atoms with Gasteiger partial charge in [-0.05, 0) is 48.4 Å². The Bertz CT molecular complexity index is 1200. The SMILES string of the molecule is Cc1ccccc1N1C(=O)C(=O)/C(=C(\O)c2cccc(Cl)c2)C1c1cccc(O)c1. The molecule has 5 nitrogen and oxygen atoms in total. The summed E-state index contributed by atoms with van der Waals surface area (Å²) in [5.74, 6) is -1.88. The van der Waals surface area contributed by atoms with E-state index in [1.54, 1.807) is 42.5 Å². The van der Waals surface area contributed by atoms with E-state index < -0.39 is 17.7 Å². The maximum absolute atomic E-state index is 13.1. The monoisotopic (exact) mass is 419 g/mol. The quantitative estimate of drug-likeness (QED) is 0.356. The molecule has 30 heavy (non-hydrogen) atoms. The second-order valence-electron chi connectivity index (χ2n) is 7.06. The van der Waals surface area contributed by atoms with Crippen LogP contribution in [0.25, 0.3) is 5.76 Å². The lowest BCUT2D eigenvalue weighted by atomic mass is 9.94. The lowest BCUT2D eigenvalue weighted by Crippen LogP contribution is -2.30. The first-order valence-corrected chi connectivity index (χ1v) is 9.68. The van der Waals surface area contributed by atoms with Crippen molar-refractivity contribution >= 4 is 34.7 Å². The largest absolute Gasteiger partial charge is 0.508 e. The van der Waals surface area contributed by atoms with Crippen molar-refractivity contribution in [1.82, 2.24) is 0 Å². The number of aromatic hydroxyl groups is 1. The molecule has 0 spiro atoms. The number of aryl methyl sites for hydroxylation is 1. The smallest absolute Gasteiger partial charge is 0.300 e. The fraction of sp³-hybridized carbons (Fsp3) is 0.0833. The number of anilines is 1. The highest BCUT2D eigenvalue weighted by molar-refractivity contribution is 6.51. The number of carbonyl (C=O) groups is 2. The van der Waals surface area contributed by atoms with Crippen LogP contribution in [0, 0.1) is 6.92 Å². The van der Waals surface area contributed by atoms with Crippen LogP contribution in [-0.4, -0.2) is 21.9 Å². The van der Waals surface area contributed by atoms with Crippen molar-refractivity contribution in [3.63, 3.8) is 0 Å². The van der Waals surface area contributed by atoms with Gasteiger partial charge in [-0.25, -0.2) is 0 Å². The molecule has 1 fully saturated rings. The molecule has 1 heterocycles. The summed E-state index contributed by atoms with van der Waals surface area (Å²) in [6.45, 7) is 1.84. The van der Waals surface area contributed by atoms with Gasteiger partial charge < -0.3 is 10.2 Å². The van der Waals surface area contributed by atoms with Crippen LogP contribution in [0.1, 0.15) is 22.7 Å². The Hall–Kier alpha value is -3.57. The third kappa shape index (κ3) is 3.33. The van der Waals surface area contributed by atoms with Gasteiger partial charge in [-0.2, -0.15) is 0 Å². The molecule has 6 heteroatoms. The standard InChI is InChI=1S/C24H18ClNO4/c1-14-6-2-3-11-19(14)26-21(15-7-5-10-18(27)13-15)20(23(29)24(26)30)22(28)16-8-4-9-17(25)12-16/h2-13,21,27-28H,1H3/b22-20-. The van der Waals surface area contributed by atoms with Crippen molar-refractivity contribution < 1.29 is 19.8 Å². The number of nitrogens with zero attached hydrogens (tertiary/aromatic N) is 1. The van der Waals surface area contributed by atoms with Crippen molar-refractivity contribution in [2.75, 3.05) is 4.90 Å². The van der Waals surface area contributed by atoms with Gasteiger partial charge in [-0.1, -0.05) is 54.1 Å². The zero-order valence-corrected chi connectivity index (χ0v) is 16.8. The Labute approximate surface area is 178 Å². The molecule has 3 aromatic rings. The minimum Gasteiger partial charge on any atom is -0.508 e. The molecule has 0 aliphatic carbocycles. The maximum atomic E-state index is 13.1. The zero-order valence-electron chi connectivity index (χ0n) is 16.0. The number of phenols is 1. The lowest BCUT2D eigenvalue weighted by molar-refractivity contribution is -0.132. The first-order valence-electron chi connectivity index (χ1n) is 9.30. The molecule has 0 radical (unpaired) electrons. The average molecular weight is 420 g/mol. The molecule has 4 rings (SSSR count). The number of benzene rings is 3. The molecule has 0 aromatic heterocycles. The number of hydrogen-bond acceptors (Lipinski definition) is 4. The molecule has 1 unspecified atom stereocenters. The molecule has 1 aliphatic rings. The van der Waals surface area contributed by atoms with E-state index in [1.807, 2.05) is 19.1 Å². The van der Waals surface area contributed by atoms with Crippen molar-refractivity contribution in [3.05, 3.63) is 100 Å². The Morgan fingerprint density at radius 1 is 0.967 bits per heavy atom. The van der Waals surface area contributed by atoms with Crippen molar-refractivity contribution in [2.24, 2.45) is 0 Å². The third-order valence-electron chi connectivity index (χ3n) is 5.10. The van der Waals surface area contributed by atoms with E-state index in [0.717, 1.165) is 5.56 Å². The highest BCUT2D eigenvalue weighted by Crippen LogP contribution is 2.43. The molecule has 0 bridgehead atoms. The number of para-hydroxylation sites is 1. The summed E-state index contributed by atoms with van der Waals surface area (Å²) < 4.78 is 0. The van der Waals surface area contributed by atoms with Gasteiger partial charge in [-0.15, -0.1) is 0 Å². The fourth-order valence-electron chi connectivity index (χ4n) is 3.72. The van der Waals surface area contributed by atoms with Gasteiger partial charge in [0.15, 0.2) is 0 Å². The predicted molar refractivity (Wildman–Crippen MR) is 116 cm³/mol. The number of rotatable bonds is 3. The van der Waals surface area contributed by atoms with E-state index in [-0.39, 0.29) is 17.1 Å². The highest BCUT2D eigenvalue weighted by Gasteiger charge is 2.47. The van der Waals surface area contributed by atoms with Crippen molar-refractivity contribution in [2.45, 2.75) is 13.0 Å². The van der Waals surface area contributed by atoms with Gasteiger partial charge in [0.2, 0.25) is 0 Å². The van der Waals surface area contributed by atoms with E-state index >= 15 is 0 Å². The Kier molecular flexibility index (Phi) is 5.06. The van der Waals surface area contributed by atoms with E-state index in [2.05, 4.69) is 0 Å². The second kappa shape index (κ2) is 7.69. The summed E-state index contributed by atoms with van der Waals surface area (Å²) in [5, 5.41) is 21.4. The maximum Gasteiger partial charge on any atom is 0.300 e. The number of phenolic OH excluding ortho intramolecular Hbond substituents is 1. The van der Waals surface area contributed by atoms with Gasteiger partial charge in [-0.3, -0.25) is 14.5 Å². The molecule has 1 atom stereocenters. The minimum absolute atomic E-state index is 0.00868. The van der Waals surface area contributed by atoms with Crippen LogP contribution in [0.3, 0.4) is 0 Å². The average Bonchev–Trinajstić information content (AvgIpc) is 2.99. The molecule has 1 amide bonds. The first-order chi connectivity index (χ1) is 14.4. The van der Waals surface area contributed by atoms with Crippen LogP contribution in [-0.2, 0) is 9.59 Å². The highest BCUT2D eigenvalue weighted by atomic mass is 35.5. The van der Waals surface area contributed by atoms with Crippen LogP contribution >= 0.6 is 11.6 Å². The number of halogens is 1. The number of aliphatic hydroxyl groups excluding tert-OH is 1. The van der Waals surface area contributed by atoms with Gasteiger partial charge in [0.1, 0.15) is 11.5 Å². The van der Waals surface area contributed by atoms with E-state index in [9.17, 15) is 19.8 Å². The number of hydrogen-bond donors (Lipinski definition) is 2. The summed E-state index contributed by atoms with van der Waals surface area (Å²) in [7, 11) is 0. The van der Waals surface area contributed by atoms with Gasteiger partial charge in [0.05, 0.1) is 11.6 Å². The van der Waals surface area contributed by atoms with Gasteiger partial charge in [0.25, 0.3) is 11.7 Å². The number of Topliss-reactive ketones (excluding diaryl/α,β-unsaturated/α-hetero) is 1. The number of carbonyl (C=O) groups excluding carboxylic acids is 2. The Morgan fingerprint density at radius 3 is 2.40 bits per heavy atom. The number of amides is 1. The first kappa shape index (κ1) is 19.7. The number of aliphatic hydroxyl groups is 1. The topological polar surface area (TPSA) is 77.8 Å². The Balaban J connectivity index is 1.99. The summed E-state index contributed by atoms with van der Waals surface area (Å²) in [4.78, 5) is 27.5. The van der Waals surface area contributed by atoms with Crippen LogP contribution in [0.15, 0.2) is 78.4 Å². The molecular weight excluding hydrogens is 402 g/mol. The van der Waals surface area contributed by atoms with Crippen LogP contribution in [0.2, 0.25) is 5.02 Å². The molecule has 0 saturated carbocycles. The third-order valence-corrected chi connectivity index (χ3v) is 5.34. The molecule has 1 saturated heterocycles. The lowest BCUT2D eigenvalue weighted by Gasteiger charge is -2.26. The molecule has 1 aliphatic heterocycles. The predicted octanol–water partition coefficient (Wildman–Crippen LogP) is 4.98. The molecule has 3 aromatic carbocycles.